The molecule has 0 saturated heterocycles. The predicted octanol–water partition coefficient (Wildman–Crippen LogP) is 1.28. The molecule has 4 nitrogen and oxygen atoms in total. The number of halogens is 1. The summed E-state index contributed by atoms with van der Waals surface area (Å²) < 4.78 is 10.7. The Kier molecular flexibility index (Phi) is 3.23. The van der Waals surface area contributed by atoms with Crippen LogP contribution in [0.2, 0.25) is 5.02 Å². The van der Waals surface area contributed by atoms with Crippen LogP contribution in [0.5, 0.6) is 11.5 Å². The van der Waals surface area contributed by atoms with Crippen molar-refractivity contribution in [2.24, 2.45) is 5.73 Å². The fourth-order valence-corrected chi connectivity index (χ4v) is 2.19. The van der Waals surface area contributed by atoms with E-state index in [1.165, 1.54) is 7.11 Å². The average Bonchev–Trinajstić information content (AvgIpc) is 2.77. The van der Waals surface area contributed by atoms with E-state index in [9.17, 15) is 5.11 Å². The lowest BCUT2D eigenvalue weighted by Crippen LogP contribution is -2.13. The van der Waals surface area contributed by atoms with Gasteiger partial charge >= 0.3 is 0 Å². The molecular formula is C11H14ClNO3. The van der Waals surface area contributed by atoms with Gasteiger partial charge in [-0.05, 0) is 6.07 Å². The molecule has 0 saturated carbocycles. The number of hydrogen-bond acceptors (Lipinski definition) is 4. The van der Waals surface area contributed by atoms with Gasteiger partial charge in [0.25, 0.3) is 0 Å². The molecule has 1 unspecified atom stereocenters. The van der Waals surface area contributed by atoms with Crippen LogP contribution in [-0.2, 0) is 6.42 Å². The van der Waals surface area contributed by atoms with Gasteiger partial charge in [-0.25, -0.2) is 0 Å². The van der Waals surface area contributed by atoms with Crippen molar-refractivity contribution >= 4 is 11.6 Å². The standard InChI is InChI=1S/C11H14ClNO3/c1-15-10-7(9(14)5-13)4-8(12)6-2-3-16-11(6)10/h4,9,14H,2-3,5,13H2,1H3. The molecule has 1 atom stereocenters. The molecule has 0 radical (unpaired) electrons. The van der Waals surface area contributed by atoms with Crippen molar-refractivity contribution < 1.29 is 14.6 Å². The zero-order valence-corrected chi connectivity index (χ0v) is 9.75. The second-order valence-corrected chi connectivity index (χ2v) is 4.05. The zero-order valence-electron chi connectivity index (χ0n) is 9.00. The third kappa shape index (κ3) is 1.73. The Bertz CT molecular complexity index is 409. The maximum atomic E-state index is 9.78. The van der Waals surface area contributed by atoms with Gasteiger partial charge in [0.15, 0.2) is 11.5 Å². The Morgan fingerprint density at radius 1 is 1.69 bits per heavy atom. The van der Waals surface area contributed by atoms with Gasteiger partial charge in [-0.2, -0.15) is 0 Å². The van der Waals surface area contributed by atoms with E-state index in [2.05, 4.69) is 0 Å². The molecule has 1 aliphatic heterocycles. The first kappa shape index (κ1) is 11.5. The highest BCUT2D eigenvalue weighted by Crippen LogP contribution is 2.44. The van der Waals surface area contributed by atoms with Crippen molar-refractivity contribution in [2.45, 2.75) is 12.5 Å². The largest absolute Gasteiger partial charge is 0.492 e. The zero-order chi connectivity index (χ0) is 11.7. The number of nitrogens with two attached hydrogens (primary N) is 1. The molecule has 1 aromatic rings. The van der Waals surface area contributed by atoms with Crippen LogP contribution in [0.15, 0.2) is 6.07 Å². The second-order valence-electron chi connectivity index (χ2n) is 3.64. The van der Waals surface area contributed by atoms with Crippen molar-refractivity contribution in [1.29, 1.82) is 0 Å². The number of aliphatic hydroxyl groups excluding tert-OH is 1. The van der Waals surface area contributed by atoms with Crippen LogP contribution in [0.3, 0.4) is 0 Å². The lowest BCUT2D eigenvalue weighted by molar-refractivity contribution is 0.181. The third-order valence-electron chi connectivity index (χ3n) is 2.70. The summed E-state index contributed by atoms with van der Waals surface area (Å²) in [5, 5.41) is 10.4. The molecular weight excluding hydrogens is 230 g/mol. The first-order valence-corrected chi connectivity index (χ1v) is 5.47. The lowest BCUT2D eigenvalue weighted by Gasteiger charge is -2.16. The topological polar surface area (TPSA) is 64.7 Å². The number of aliphatic hydroxyl groups is 1. The van der Waals surface area contributed by atoms with Crippen LogP contribution in [0.25, 0.3) is 0 Å². The number of benzene rings is 1. The maximum absolute atomic E-state index is 9.78. The van der Waals surface area contributed by atoms with Crippen molar-refractivity contribution in [2.75, 3.05) is 20.3 Å². The van der Waals surface area contributed by atoms with Gasteiger partial charge < -0.3 is 20.3 Å². The van der Waals surface area contributed by atoms with Crippen LogP contribution < -0.4 is 15.2 Å². The maximum Gasteiger partial charge on any atom is 0.166 e. The fraction of sp³-hybridized carbons (Fsp3) is 0.455. The monoisotopic (exact) mass is 243 g/mol. The van der Waals surface area contributed by atoms with Gasteiger partial charge in [0, 0.05) is 29.1 Å². The Labute approximate surface area is 98.9 Å². The summed E-state index contributed by atoms with van der Waals surface area (Å²) in [5.41, 5.74) is 6.95. The highest BCUT2D eigenvalue weighted by atomic mass is 35.5. The number of methoxy groups -OCH3 is 1. The van der Waals surface area contributed by atoms with Crippen molar-refractivity contribution in [3.63, 3.8) is 0 Å². The molecule has 1 heterocycles. The van der Waals surface area contributed by atoms with Crippen molar-refractivity contribution in [3.8, 4) is 11.5 Å². The highest BCUT2D eigenvalue weighted by Gasteiger charge is 2.26. The van der Waals surface area contributed by atoms with Crippen LogP contribution in [0.1, 0.15) is 17.2 Å². The van der Waals surface area contributed by atoms with E-state index in [0.29, 0.717) is 28.7 Å². The summed E-state index contributed by atoms with van der Waals surface area (Å²) in [6, 6.07) is 1.70. The molecule has 0 spiro atoms. The van der Waals surface area contributed by atoms with Crippen LogP contribution in [0.4, 0.5) is 0 Å². The van der Waals surface area contributed by atoms with Gasteiger partial charge in [0.2, 0.25) is 0 Å². The number of ether oxygens (including phenoxy) is 2. The molecule has 0 amide bonds. The van der Waals surface area contributed by atoms with Gasteiger partial charge in [-0.15, -0.1) is 0 Å². The summed E-state index contributed by atoms with van der Waals surface area (Å²) in [5.74, 6) is 1.17. The SMILES string of the molecule is COc1c(C(O)CN)cc(Cl)c2c1OCC2. The molecule has 2 rings (SSSR count). The summed E-state index contributed by atoms with van der Waals surface area (Å²) >= 11 is 6.12. The molecule has 0 aliphatic carbocycles. The predicted molar refractivity (Wildman–Crippen MR) is 61.2 cm³/mol. The van der Waals surface area contributed by atoms with E-state index in [4.69, 9.17) is 26.8 Å². The second kappa shape index (κ2) is 4.49. The van der Waals surface area contributed by atoms with E-state index in [1.54, 1.807) is 6.07 Å². The fourth-order valence-electron chi connectivity index (χ4n) is 1.89. The van der Waals surface area contributed by atoms with Crippen molar-refractivity contribution in [3.05, 3.63) is 22.2 Å². The minimum atomic E-state index is -0.790. The van der Waals surface area contributed by atoms with E-state index in [0.717, 1.165) is 12.0 Å². The quantitative estimate of drug-likeness (QED) is 0.839. The minimum Gasteiger partial charge on any atom is -0.492 e. The first-order valence-electron chi connectivity index (χ1n) is 5.09. The minimum absolute atomic E-state index is 0.117. The third-order valence-corrected chi connectivity index (χ3v) is 3.04. The molecule has 1 aromatic carbocycles. The molecule has 5 heteroatoms. The van der Waals surface area contributed by atoms with Crippen molar-refractivity contribution in [1.82, 2.24) is 0 Å². The molecule has 16 heavy (non-hydrogen) atoms. The Hall–Kier alpha value is -0.970. The van der Waals surface area contributed by atoms with Crippen LogP contribution in [-0.4, -0.2) is 25.4 Å². The molecule has 0 aromatic heterocycles. The van der Waals surface area contributed by atoms with Gasteiger partial charge in [-0.1, -0.05) is 11.6 Å². The summed E-state index contributed by atoms with van der Waals surface area (Å²) in [7, 11) is 1.54. The van der Waals surface area contributed by atoms with Gasteiger partial charge in [-0.3, -0.25) is 0 Å². The number of fused-ring (bicyclic) bond motifs is 1. The van der Waals surface area contributed by atoms with E-state index in [1.807, 2.05) is 0 Å². The summed E-state index contributed by atoms with van der Waals surface area (Å²) in [6.07, 6.45) is -0.0225. The van der Waals surface area contributed by atoms with E-state index in [-0.39, 0.29) is 6.54 Å². The Balaban J connectivity index is 2.57. The molecule has 88 valence electrons. The molecule has 0 fully saturated rings. The highest BCUT2D eigenvalue weighted by molar-refractivity contribution is 6.31. The Morgan fingerprint density at radius 2 is 2.44 bits per heavy atom. The number of rotatable bonds is 3. The van der Waals surface area contributed by atoms with E-state index >= 15 is 0 Å². The summed E-state index contributed by atoms with van der Waals surface area (Å²) in [4.78, 5) is 0. The lowest BCUT2D eigenvalue weighted by atomic mass is 10.0. The van der Waals surface area contributed by atoms with E-state index < -0.39 is 6.10 Å². The molecule has 0 bridgehead atoms. The summed E-state index contributed by atoms with van der Waals surface area (Å²) in [6.45, 7) is 0.707. The normalized spacial score (nSPS) is 15.5. The molecule has 1 aliphatic rings. The molecule has 3 N–H and O–H groups in total. The Morgan fingerprint density at radius 3 is 3.06 bits per heavy atom. The first-order chi connectivity index (χ1) is 7.69. The smallest absolute Gasteiger partial charge is 0.166 e. The van der Waals surface area contributed by atoms with Gasteiger partial charge in [0.1, 0.15) is 0 Å². The van der Waals surface area contributed by atoms with Gasteiger partial charge in [0.05, 0.1) is 19.8 Å². The average molecular weight is 244 g/mol. The van der Waals surface area contributed by atoms with Crippen LogP contribution >= 0.6 is 11.6 Å². The number of hydrogen-bond donors (Lipinski definition) is 2. The van der Waals surface area contributed by atoms with Crippen LogP contribution in [0, 0.1) is 0 Å².